The Balaban J connectivity index is 1.72. The lowest BCUT2D eigenvalue weighted by Gasteiger charge is -2.13. The third-order valence-corrected chi connectivity index (χ3v) is 5.55. The van der Waals surface area contributed by atoms with Crippen LogP contribution in [0.15, 0.2) is 70.3 Å². The summed E-state index contributed by atoms with van der Waals surface area (Å²) >= 11 is 3.28. The van der Waals surface area contributed by atoms with Crippen molar-refractivity contribution in [3.8, 4) is 11.5 Å². The highest BCUT2D eigenvalue weighted by Crippen LogP contribution is 2.29. The number of sulfonamides is 1. The van der Waals surface area contributed by atoms with E-state index in [9.17, 15) is 8.42 Å². The van der Waals surface area contributed by atoms with E-state index in [0.29, 0.717) is 29.1 Å². The Morgan fingerprint density at radius 2 is 2.04 bits per heavy atom. The fourth-order valence-electron chi connectivity index (χ4n) is 2.41. The molecule has 0 fully saturated rings. The average molecular weight is 452 g/mol. The van der Waals surface area contributed by atoms with Crippen LogP contribution < -0.4 is 14.2 Å². The third kappa shape index (κ3) is 5.01. The minimum Gasteiger partial charge on any atom is -0.495 e. The van der Waals surface area contributed by atoms with E-state index in [2.05, 4.69) is 25.8 Å². The number of nitrogens with zero attached hydrogens (tertiary/aromatic N) is 2. The van der Waals surface area contributed by atoms with E-state index in [1.54, 1.807) is 47.3 Å². The lowest BCUT2D eigenvalue weighted by molar-refractivity contribution is 0.291. The van der Waals surface area contributed by atoms with Crippen molar-refractivity contribution in [2.75, 3.05) is 18.4 Å². The van der Waals surface area contributed by atoms with Gasteiger partial charge in [-0.1, -0.05) is 22.0 Å². The largest absolute Gasteiger partial charge is 0.495 e. The van der Waals surface area contributed by atoms with Crippen LogP contribution in [0.3, 0.4) is 0 Å². The number of benzene rings is 2. The Labute approximate surface area is 166 Å². The van der Waals surface area contributed by atoms with Gasteiger partial charge in [-0.2, -0.15) is 5.10 Å². The Morgan fingerprint density at radius 1 is 1.19 bits per heavy atom. The van der Waals surface area contributed by atoms with Gasteiger partial charge in [0.25, 0.3) is 10.0 Å². The van der Waals surface area contributed by atoms with Crippen LogP contribution in [0.5, 0.6) is 11.5 Å². The fraction of sp³-hybridized carbons (Fsp3) is 0.167. The van der Waals surface area contributed by atoms with Crippen molar-refractivity contribution < 1.29 is 17.9 Å². The molecule has 0 saturated carbocycles. The number of hydrogen-bond acceptors (Lipinski definition) is 5. The summed E-state index contributed by atoms with van der Waals surface area (Å²) in [4.78, 5) is 0.0457. The second kappa shape index (κ2) is 8.45. The first kappa shape index (κ1) is 19.2. The molecule has 1 N–H and O–H groups in total. The van der Waals surface area contributed by atoms with E-state index in [1.165, 1.54) is 13.2 Å². The van der Waals surface area contributed by atoms with Gasteiger partial charge < -0.3 is 9.47 Å². The van der Waals surface area contributed by atoms with Crippen LogP contribution >= 0.6 is 15.9 Å². The van der Waals surface area contributed by atoms with Crippen molar-refractivity contribution >= 4 is 31.6 Å². The zero-order valence-electron chi connectivity index (χ0n) is 14.5. The molecule has 9 heteroatoms. The summed E-state index contributed by atoms with van der Waals surface area (Å²) in [5, 5.41) is 4.10. The minimum absolute atomic E-state index is 0.0457. The van der Waals surface area contributed by atoms with Gasteiger partial charge in [-0.3, -0.25) is 9.40 Å². The highest BCUT2D eigenvalue weighted by molar-refractivity contribution is 9.10. The summed E-state index contributed by atoms with van der Waals surface area (Å²) in [6, 6.07) is 13.4. The molecule has 0 atom stereocenters. The van der Waals surface area contributed by atoms with E-state index in [-0.39, 0.29) is 10.6 Å². The second-order valence-electron chi connectivity index (χ2n) is 5.55. The summed E-state index contributed by atoms with van der Waals surface area (Å²) < 4.78 is 41.3. The summed E-state index contributed by atoms with van der Waals surface area (Å²) in [7, 11) is -2.40. The molecule has 0 aliphatic carbocycles. The number of nitrogens with one attached hydrogen (secondary N) is 1. The molecule has 1 heterocycles. The average Bonchev–Trinajstić information content (AvgIpc) is 3.15. The number of hydrogen-bond donors (Lipinski definition) is 1. The minimum atomic E-state index is -3.83. The first-order valence-corrected chi connectivity index (χ1v) is 10.3. The topological polar surface area (TPSA) is 82.5 Å². The molecule has 1 aromatic heterocycles. The number of methoxy groups -OCH3 is 1. The fourth-order valence-corrected chi connectivity index (χ4v) is 4.17. The number of rotatable bonds is 8. The maximum absolute atomic E-state index is 12.7. The van der Waals surface area contributed by atoms with Gasteiger partial charge in [0.2, 0.25) is 0 Å². The zero-order chi connectivity index (χ0) is 19.3. The summed E-state index contributed by atoms with van der Waals surface area (Å²) in [6.45, 7) is 1.01. The molecule has 0 aliphatic heterocycles. The molecule has 0 amide bonds. The number of aromatic nitrogens is 2. The van der Waals surface area contributed by atoms with Gasteiger partial charge in [0, 0.05) is 22.9 Å². The molecule has 0 saturated heterocycles. The van der Waals surface area contributed by atoms with Crippen molar-refractivity contribution in [2.24, 2.45) is 0 Å². The van der Waals surface area contributed by atoms with Gasteiger partial charge in [-0.15, -0.1) is 0 Å². The van der Waals surface area contributed by atoms with E-state index >= 15 is 0 Å². The van der Waals surface area contributed by atoms with Gasteiger partial charge in [0.05, 0.1) is 19.3 Å². The van der Waals surface area contributed by atoms with Gasteiger partial charge in [0.15, 0.2) is 0 Å². The van der Waals surface area contributed by atoms with Crippen LogP contribution in [0.25, 0.3) is 0 Å². The molecule has 142 valence electrons. The molecule has 0 unspecified atom stereocenters. The molecule has 0 radical (unpaired) electrons. The molecule has 2 aromatic carbocycles. The Hall–Kier alpha value is -2.52. The van der Waals surface area contributed by atoms with Gasteiger partial charge in [0.1, 0.15) is 23.0 Å². The summed E-state index contributed by atoms with van der Waals surface area (Å²) in [5.41, 5.74) is 0.397. The molecule has 27 heavy (non-hydrogen) atoms. The quantitative estimate of drug-likeness (QED) is 0.566. The highest BCUT2D eigenvalue weighted by Gasteiger charge is 2.20. The first-order valence-electron chi connectivity index (χ1n) is 8.04. The lowest BCUT2D eigenvalue weighted by Crippen LogP contribution is -2.14. The van der Waals surface area contributed by atoms with E-state index in [0.717, 1.165) is 0 Å². The van der Waals surface area contributed by atoms with E-state index in [1.807, 2.05) is 12.3 Å². The monoisotopic (exact) mass is 451 g/mol. The lowest BCUT2D eigenvalue weighted by atomic mass is 10.3. The standard InChI is InChI=1S/C18H18BrN3O4S/c1-25-17-7-6-14(19)12-18(17)27(23,24)21-15-4-2-5-16(13-15)26-11-10-22-9-3-8-20-22/h2-9,12-13,21H,10-11H2,1H3. The predicted molar refractivity (Wildman–Crippen MR) is 106 cm³/mol. The molecule has 0 aliphatic rings. The van der Waals surface area contributed by atoms with Gasteiger partial charge in [-0.05, 0) is 36.4 Å². The van der Waals surface area contributed by atoms with Gasteiger partial charge in [-0.25, -0.2) is 8.42 Å². The van der Waals surface area contributed by atoms with Crippen molar-refractivity contribution in [1.82, 2.24) is 9.78 Å². The second-order valence-corrected chi connectivity index (χ2v) is 8.11. The Morgan fingerprint density at radius 3 is 2.78 bits per heavy atom. The van der Waals surface area contributed by atoms with Crippen molar-refractivity contribution in [2.45, 2.75) is 11.4 Å². The van der Waals surface area contributed by atoms with Crippen molar-refractivity contribution in [3.63, 3.8) is 0 Å². The molecule has 7 nitrogen and oxygen atoms in total. The number of halogens is 1. The third-order valence-electron chi connectivity index (χ3n) is 3.65. The maximum atomic E-state index is 12.7. The van der Waals surface area contributed by atoms with Crippen LogP contribution in [0.1, 0.15) is 0 Å². The molecular weight excluding hydrogens is 434 g/mol. The van der Waals surface area contributed by atoms with Crippen molar-refractivity contribution in [3.05, 3.63) is 65.4 Å². The molecule has 3 aromatic rings. The smallest absolute Gasteiger partial charge is 0.265 e. The predicted octanol–water partition coefficient (Wildman–Crippen LogP) is 3.53. The van der Waals surface area contributed by atoms with E-state index in [4.69, 9.17) is 9.47 Å². The zero-order valence-corrected chi connectivity index (χ0v) is 16.9. The summed E-state index contributed by atoms with van der Waals surface area (Å²) in [6.07, 6.45) is 3.55. The van der Waals surface area contributed by atoms with Crippen LogP contribution in [0, 0.1) is 0 Å². The van der Waals surface area contributed by atoms with Crippen molar-refractivity contribution in [1.29, 1.82) is 0 Å². The van der Waals surface area contributed by atoms with Crippen LogP contribution in [-0.4, -0.2) is 31.9 Å². The van der Waals surface area contributed by atoms with Crippen LogP contribution in [0.2, 0.25) is 0 Å². The van der Waals surface area contributed by atoms with Gasteiger partial charge >= 0.3 is 0 Å². The van der Waals surface area contributed by atoms with E-state index < -0.39 is 10.0 Å². The Kier molecular flexibility index (Phi) is 6.02. The number of anilines is 1. The molecule has 3 rings (SSSR count). The maximum Gasteiger partial charge on any atom is 0.265 e. The van der Waals surface area contributed by atoms with Crippen LogP contribution in [0.4, 0.5) is 5.69 Å². The highest BCUT2D eigenvalue weighted by atomic mass is 79.9. The van der Waals surface area contributed by atoms with Crippen LogP contribution in [-0.2, 0) is 16.6 Å². The Bertz CT molecular complexity index is 1010. The molecular formula is C18H18BrN3O4S. The normalized spacial score (nSPS) is 11.2. The molecule has 0 bridgehead atoms. The number of ether oxygens (including phenoxy) is 2. The first-order chi connectivity index (χ1) is 13.0. The SMILES string of the molecule is COc1ccc(Br)cc1S(=O)(=O)Nc1cccc(OCCn2cccn2)c1. The summed E-state index contributed by atoms with van der Waals surface area (Å²) in [5.74, 6) is 0.820. The molecule has 0 spiro atoms.